The summed E-state index contributed by atoms with van der Waals surface area (Å²) in [5.41, 5.74) is 3.69. The van der Waals surface area contributed by atoms with Crippen LogP contribution in [-0.4, -0.2) is 11.7 Å². The van der Waals surface area contributed by atoms with E-state index in [1.807, 2.05) is 67.3 Å². The number of fused-ring (bicyclic) bond motifs is 2. The Morgan fingerprint density at radius 3 is 2.10 bits per heavy atom. The molecule has 0 saturated carbocycles. The highest BCUT2D eigenvalue weighted by molar-refractivity contribution is 5.95. The second-order valence-corrected chi connectivity index (χ2v) is 8.61. The van der Waals surface area contributed by atoms with Gasteiger partial charge >= 0.3 is 0 Å². The molecule has 0 unspecified atom stereocenters. The number of nitrogens with zero attached hydrogens (tertiary/aromatic N) is 1. The van der Waals surface area contributed by atoms with Crippen LogP contribution in [0.1, 0.15) is 70.6 Å². The van der Waals surface area contributed by atoms with E-state index in [0.717, 1.165) is 28.3 Å². The van der Waals surface area contributed by atoms with Gasteiger partial charge in [0.1, 0.15) is 5.78 Å². The van der Waals surface area contributed by atoms with Crippen molar-refractivity contribution in [1.82, 2.24) is 0 Å². The SMILES string of the molecule is CC(C)C.CC(C)C(=O)CCCC(=O)N1Cc2ccccc2C#Cc2ccccc21. The molecule has 0 aromatic heterocycles. The van der Waals surface area contributed by atoms with Crippen LogP contribution >= 0.6 is 0 Å². The summed E-state index contributed by atoms with van der Waals surface area (Å²) in [5.74, 6) is 7.52. The summed E-state index contributed by atoms with van der Waals surface area (Å²) in [7, 11) is 0. The molecule has 0 fully saturated rings. The molecule has 0 saturated heterocycles. The van der Waals surface area contributed by atoms with E-state index in [9.17, 15) is 9.59 Å². The van der Waals surface area contributed by atoms with Gasteiger partial charge < -0.3 is 4.90 Å². The number of ketones is 1. The molecule has 1 amide bonds. The summed E-state index contributed by atoms with van der Waals surface area (Å²) < 4.78 is 0. The number of amides is 1. The van der Waals surface area contributed by atoms with Crippen LogP contribution in [0.4, 0.5) is 5.69 Å². The molecule has 2 aromatic carbocycles. The van der Waals surface area contributed by atoms with Crippen molar-refractivity contribution < 1.29 is 9.59 Å². The first-order chi connectivity index (χ1) is 14.3. The molecule has 1 aliphatic rings. The molecule has 0 atom stereocenters. The first kappa shape index (κ1) is 23.4. The zero-order valence-electron chi connectivity index (χ0n) is 18.9. The highest BCUT2D eigenvalue weighted by atomic mass is 16.2. The van der Waals surface area contributed by atoms with Gasteiger partial charge in [-0.05, 0) is 36.1 Å². The van der Waals surface area contributed by atoms with E-state index in [1.54, 1.807) is 0 Å². The van der Waals surface area contributed by atoms with E-state index in [-0.39, 0.29) is 17.6 Å². The number of hydrogen-bond donors (Lipinski definition) is 0. The lowest BCUT2D eigenvalue weighted by atomic mass is 10.0. The molecule has 3 rings (SSSR count). The number of Topliss-reactive ketones (excluding diaryl/α,β-unsaturated/α-hetero) is 1. The van der Waals surface area contributed by atoms with Crippen molar-refractivity contribution in [3.63, 3.8) is 0 Å². The molecular weight excluding hydrogens is 370 g/mol. The van der Waals surface area contributed by atoms with Crippen LogP contribution in [0.25, 0.3) is 0 Å². The van der Waals surface area contributed by atoms with Crippen LogP contribution in [0.2, 0.25) is 0 Å². The van der Waals surface area contributed by atoms with E-state index in [0.29, 0.717) is 25.8 Å². The van der Waals surface area contributed by atoms with E-state index < -0.39 is 0 Å². The fourth-order valence-electron chi connectivity index (χ4n) is 3.05. The van der Waals surface area contributed by atoms with Gasteiger partial charge in [-0.1, -0.05) is 76.8 Å². The quantitative estimate of drug-likeness (QED) is 0.575. The third-order valence-electron chi connectivity index (χ3n) is 4.63. The molecule has 2 aromatic rings. The molecule has 1 aliphatic heterocycles. The predicted octanol–water partition coefficient (Wildman–Crippen LogP) is 5.99. The first-order valence-corrected chi connectivity index (χ1v) is 10.8. The minimum absolute atomic E-state index is 0.0229. The molecular formula is C27H33NO2. The standard InChI is InChI=1S/C23H23NO2.C4H10/c1-17(2)22(25)12-7-13-23(26)24-16-20-10-4-3-8-18(20)14-15-19-9-5-6-11-21(19)24;1-4(2)3/h3-6,8-11,17H,7,12-13,16H2,1-2H3;4H,1-3H3. The topological polar surface area (TPSA) is 37.4 Å². The van der Waals surface area contributed by atoms with Crippen molar-refractivity contribution in [3.05, 3.63) is 65.2 Å². The van der Waals surface area contributed by atoms with Gasteiger partial charge in [0, 0.05) is 29.9 Å². The Morgan fingerprint density at radius 2 is 1.43 bits per heavy atom. The van der Waals surface area contributed by atoms with Gasteiger partial charge in [-0.3, -0.25) is 9.59 Å². The monoisotopic (exact) mass is 403 g/mol. The molecule has 3 nitrogen and oxygen atoms in total. The van der Waals surface area contributed by atoms with Crippen molar-refractivity contribution in [2.75, 3.05) is 4.90 Å². The molecule has 0 bridgehead atoms. The largest absolute Gasteiger partial charge is 0.307 e. The van der Waals surface area contributed by atoms with Gasteiger partial charge in [0.2, 0.25) is 5.91 Å². The zero-order valence-corrected chi connectivity index (χ0v) is 18.9. The number of para-hydroxylation sites is 1. The molecule has 1 heterocycles. The Hall–Kier alpha value is -2.86. The third-order valence-corrected chi connectivity index (χ3v) is 4.63. The third kappa shape index (κ3) is 6.88. The fraction of sp³-hybridized carbons (Fsp3) is 0.407. The van der Waals surface area contributed by atoms with Crippen molar-refractivity contribution in [3.8, 4) is 11.8 Å². The number of rotatable bonds is 5. The van der Waals surface area contributed by atoms with Crippen molar-refractivity contribution in [1.29, 1.82) is 0 Å². The van der Waals surface area contributed by atoms with Crippen LogP contribution in [0.3, 0.4) is 0 Å². The van der Waals surface area contributed by atoms with Crippen LogP contribution in [0.15, 0.2) is 48.5 Å². The fourth-order valence-corrected chi connectivity index (χ4v) is 3.05. The van der Waals surface area contributed by atoms with E-state index in [2.05, 4.69) is 32.6 Å². The Labute approximate surface area is 181 Å². The van der Waals surface area contributed by atoms with Crippen LogP contribution in [0.5, 0.6) is 0 Å². The molecule has 0 N–H and O–H groups in total. The summed E-state index contributed by atoms with van der Waals surface area (Å²) in [5, 5.41) is 0. The highest BCUT2D eigenvalue weighted by Gasteiger charge is 2.21. The lowest BCUT2D eigenvalue weighted by Crippen LogP contribution is -2.31. The van der Waals surface area contributed by atoms with E-state index in [4.69, 9.17) is 0 Å². The maximum Gasteiger partial charge on any atom is 0.227 e. The maximum atomic E-state index is 13.0. The second-order valence-electron chi connectivity index (χ2n) is 8.61. The molecule has 0 spiro atoms. The normalized spacial score (nSPS) is 11.9. The number of anilines is 1. The minimum Gasteiger partial charge on any atom is -0.307 e. The van der Waals surface area contributed by atoms with Gasteiger partial charge in [0.25, 0.3) is 0 Å². The maximum absolute atomic E-state index is 13.0. The van der Waals surface area contributed by atoms with E-state index >= 15 is 0 Å². The van der Waals surface area contributed by atoms with Crippen LogP contribution < -0.4 is 4.90 Å². The van der Waals surface area contributed by atoms with Gasteiger partial charge in [0.15, 0.2) is 0 Å². The Bertz CT molecular complexity index is 928. The Morgan fingerprint density at radius 1 is 0.867 bits per heavy atom. The van der Waals surface area contributed by atoms with Crippen LogP contribution in [-0.2, 0) is 16.1 Å². The summed E-state index contributed by atoms with van der Waals surface area (Å²) in [6.45, 7) is 10.8. The van der Waals surface area contributed by atoms with Crippen LogP contribution in [0, 0.1) is 23.7 Å². The number of carbonyl (C=O) groups excluding carboxylic acids is 2. The molecule has 30 heavy (non-hydrogen) atoms. The molecule has 0 aliphatic carbocycles. The summed E-state index contributed by atoms with van der Waals surface area (Å²) in [4.78, 5) is 26.6. The number of benzene rings is 2. The van der Waals surface area contributed by atoms with Gasteiger partial charge in [-0.2, -0.15) is 0 Å². The Balaban J connectivity index is 0.000000735. The van der Waals surface area contributed by atoms with E-state index in [1.165, 1.54) is 0 Å². The molecule has 3 heteroatoms. The molecule has 158 valence electrons. The number of hydrogen-bond acceptors (Lipinski definition) is 2. The van der Waals surface area contributed by atoms with Gasteiger partial charge in [-0.25, -0.2) is 0 Å². The lowest BCUT2D eigenvalue weighted by molar-refractivity contribution is -0.122. The van der Waals surface area contributed by atoms with Crippen molar-refractivity contribution in [2.24, 2.45) is 11.8 Å². The molecule has 0 radical (unpaired) electrons. The summed E-state index contributed by atoms with van der Waals surface area (Å²) in [6, 6.07) is 15.7. The van der Waals surface area contributed by atoms with Crippen molar-refractivity contribution in [2.45, 2.75) is 60.4 Å². The summed E-state index contributed by atoms with van der Waals surface area (Å²) >= 11 is 0. The number of carbonyl (C=O) groups is 2. The van der Waals surface area contributed by atoms with Gasteiger partial charge in [-0.15, -0.1) is 0 Å². The predicted molar refractivity (Wildman–Crippen MR) is 124 cm³/mol. The first-order valence-electron chi connectivity index (χ1n) is 10.8. The average Bonchev–Trinajstić information content (AvgIpc) is 2.69. The smallest absolute Gasteiger partial charge is 0.227 e. The minimum atomic E-state index is 0.0229. The Kier molecular flexibility index (Phi) is 8.87. The highest BCUT2D eigenvalue weighted by Crippen LogP contribution is 2.26. The average molecular weight is 404 g/mol. The lowest BCUT2D eigenvalue weighted by Gasteiger charge is -2.26. The van der Waals surface area contributed by atoms with Crippen molar-refractivity contribution >= 4 is 17.4 Å². The van der Waals surface area contributed by atoms with Gasteiger partial charge in [0.05, 0.1) is 12.2 Å². The second kappa shape index (κ2) is 11.4. The summed E-state index contributed by atoms with van der Waals surface area (Å²) in [6.07, 6.45) is 1.40. The zero-order chi connectivity index (χ0) is 22.1.